The topological polar surface area (TPSA) is 112 Å². The summed E-state index contributed by atoms with van der Waals surface area (Å²) < 4.78 is 16.7. The third-order valence-electron chi connectivity index (χ3n) is 3.94. The SMILES string of the molecule is Nc1c2c(cc(=O)n1-c1ccc(-n3cc(Cl)cn3)c(F)c1)C(=O)NC2=O. The minimum atomic E-state index is -0.709. The molecular weight excluding hydrogens is 365 g/mol. The van der Waals surface area contributed by atoms with Crippen LogP contribution < -0.4 is 16.6 Å². The predicted octanol–water partition coefficient (Wildman–Crippen LogP) is 1.28. The first kappa shape index (κ1) is 16.0. The molecule has 3 aromatic rings. The van der Waals surface area contributed by atoms with E-state index in [0.29, 0.717) is 5.02 Å². The number of carbonyl (C=O) groups is 2. The summed E-state index contributed by atoms with van der Waals surface area (Å²) in [5, 5.41) is 6.31. The van der Waals surface area contributed by atoms with Crippen molar-refractivity contribution in [1.29, 1.82) is 0 Å². The van der Waals surface area contributed by atoms with Gasteiger partial charge in [0.15, 0.2) is 5.82 Å². The van der Waals surface area contributed by atoms with Gasteiger partial charge in [-0.3, -0.25) is 24.3 Å². The summed E-state index contributed by atoms with van der Waals surface area (Å²) >= 11 is 5.78. The number of rotatable bonds is 2. The average Bonchev–Trinajstić information content (AvgIpc) is 3.11. The number of halogens is 2. The molecule has 0 atom stereocenters. The van der Waals surface area contributed by atoms with Crippen molar-refractivity contribution in [2.45, 2.75) is 0 Å². The van der Waals surface area contributed by atoms with Crippen molar-refractivity contribution in [3.8, 4) is 11.4 Å². The summed E-state index contributed by atoms with van der Waals surface area (Å²) in [4.78, 5) is 35.9. The Morgan fingerprint density at radius 2 is 1.92 bits per heavy atom. The molecule has 1 aliphatic heterocycles. The van der Waals surface area contributed by atoms with E-state index in [1.807, 2.05) is 0 Å². The van der Waals surface area contributed by atoms with Gasteiger partial charge in [-0.15, -0.1) is 0 Å². The quantitative estimate of drug-likeness (QED) is 0.657. The lowest BCUT2D eigenvalue weighted by Gasteiger charge is -2.13. The number of imide groups is 1. The van der Waals surface area contributed by atoms with Crippen LogP contribution in [-0.2, 0) is 0 Å². The van der Waals surface area contributed by atoms with E-state index in [1.165, 1.54) is 29.2 Å². The Morgan fingerprint density at radius 1 is 1.15 bits per heavy atom. The first-order valence-corrected chi connectivity index (χ1v) is 7.66. The van der Waals surface area contributed by atoms with Crippen LogP contribution in [0, 0.1) is 5.82 Å². The van der Waals surface area contributed by atoms with Crippen molar-refractivity contribution in [3.63, 3.8) is 0 Å². The number of nitrogens with two attached hydrogens (primary N) is 1. The number of carbonyl (C=O) groups excluding carboxylic acids is 2. The predicted molar refractivity (Wildman–Crippen MR) is 90.3 cm³/mol. The number of hydrogen-bond acceptors (Lipinski definition) is 5. The average molecular weight is 374 g/mol. The third-order valence-corrected chi connectivity index (χ3v) is 4.14. The maximum Gasteiger partial charge on any atom is 0.262 e. The normalized spacial score (nSPS) is 13.0. The number of hydrogen-bond donors (Lipinski definition) is 2. The molecule has 4 rings (SSSR count). The summed E-state index contributed by atoms with van der Waals surface area (Å²) in [5.41, 5.74) is 5.25. The third kappa shape index (κ3) is 2.29. The number of nitrogens with one attached hydrogen (secondary N) is 1. The summed E-state index contributed by atoms with van der Waals surface area (Å²) in [5.74, 6) is -2.34. The fraction of sp³-hybridized carbons (Fsp3) is 0. The molecule has 0 fully saturated rings. The smallest absolute Gasteiger partial charge is 0.262 e. The number of fused-ring (bicyclic) bond motifs is 1. The number of amides is 2. The van der Waals surface area contributed by atoms with Crippen LogP contribution in [0.3, 0.4) is 0 Å². The standard InChI is InChI=1S/C16H9ClFN5O3/c17-7-5-20-22(6-7)11-2-1-8(3-10(11)18)23-12(24)4-9-13(14(23)19)16(26)21-15(9)25/h1-6H,19H2,(H,21,25,26). The molecule has 0 saturated heterocycles. The minimum Gasteiger partial charge on any atom is -0.384 e. The van der Waals surface area contributed by atoms with Crippen LogP contribution in [0.2, 0.25) is 5.02 Å². The summed E-state index contributed by atoms with van der Waals surface area (Å²) in [6.07, 6.45) is 2.78. The Kier molecular flexibility index (Phi) is 3.41. The number of benzene rings is 1. The van der Waals surface area contributed by atoms with Crippen LogP contribution in [0.1, 0.15) is 20.7 Å². The van der Waals surface area contributed by atoms with Crippen molar-refractivity contribution in [2.75, 3.05) is 5.73 Å². The molecule has 0 spiro atoms. The minimum absolute atomic E-state index is 0.0990. The van der Waals surface area contributed by atoms with E-state index >= 15 is 0 Å². The molecule has 10 heteroatoms. The monoisotopic (exact) mass is 373 g/mol. The van der Waals surface area contributed by atoms with Gasteiger partial charge in [0, 0.05) is 18.3 Å². The number of pyridine rings is 1. The van der Waals surface area contributed by atoms with Crippen molar-refractivity contribution < 1.29 is 14.0 Å². The van der Waals surface area contributed by atoms with E-state index in [0.717, 1.165) is 16.7 Å². The van der Waals surface area contributed by atoms with Gasteiger partial charge in [-0.05, 0) is 12.1 Å². The summed E-state index contributed by atoms with van der Waals surface area (Å²) in [6, 6.07) is 4.89. The van der Waals surface area contributed by atoms with Crippen LogP contribution >= 0.6 is 11.6 Å². The number of nitrogen functional groups attached to an aromatic ring is 1. The van der Waals surface area contributed by atoms with E-state index in [2.05, 4.69) is 10.4 Å². The van der Waals surface area contributed by atoms with Crippen LogP contribution in [0.15, 0.2) is 41.5 Å². The maximum absolute atomic E-state index is 14.5. The Labute approximate surface area is 149 Å². The van der Waals surface area contributed by atoms with Gasteiger partial charge in [0.05, 0.1) is 28.0 Å². The molecule has 0 unspecified atom stereocenters. The lowest BCUT2D eigenvalue weighted by Crippen LogP contribution is -2.24. The molecule has 2 amide bonds. The molecule has 0 aliphatic carbocycles. The van der Waals surface area contributed by atoms with E-state index in [4.69, 9.17) is 17.3 Å². The van der Waals surface area contributed by atoms with Gasteiger partial charge in [0.2, 0.25) is 0 Å². The maximum atomic E-state index is 14.5. The Balaban J connectivity index is 1.88. The van der Waals surface area contributed by atoms with Gasteiger partial charge in [0.1, 0.15) is 11.5 Å². The van der Waals surface area contributed by atoms with E-state index in [9.17, 15) is 18.8 Å². The van der Waals surface area contributed by atoms with Crippen LogP contribution in [-0.4, -0.2) is 26.2 Å². The van der Waals surface area contributed by atoms with Gasteiger partial charge in [-0.2, -0.15) is 5.10 Å². The van der Waals surface area contributed by atoms with Crippen molar-refractivity contribution in [2.24, 2.45) is 0 Å². The van der Waals surface area contributed by atoms with Crippen LogP contribution in [0.4, 0.5) is 10.2 Å². The molecule has 0 bridgehead atoms. The first-order valence-electron chi connectivity index (χ1n) is 7.28. The molecule has 1 aliphatic rings. The van der Waals surface area contributed by atoms with Crippen molar-refractivity contribution >= 4 is 29.2 Å². The molecular formula is C16H9ClFN5O3. The number of nitrogens with zero attached hydrogens (tertiary/aromatic N) is 3. The van der Waals surface area contributed by atoms with Crippen molar-refractivity contribution in [1.82, 2.24) is 19.7 Å². The highest BCUT2D eigenvalue weighted by Gasteiger charge is 2.31. The van der Waals surface area contributed by atoms with E-state index in [1.54, 1.807) is 0 Å². The van der Waals surface area contributed by atoms with Crippen molar-refractivity contribution in [3.05, 3.63) is 69.0 Å². The molecule has 3 heterocycles. The van der Waals surface area contributed by atoms with Gasteiger partial charge in [-0.25, -0.2) is 9.07 Å². The zero-order chi connectivity index (χ0) is 18.6. The lowest BCUT2D eigenvalue weighted by molar-refractivity contribution is 0.0880. The van der Waals surface area contributed by atoms with Gasteiger partial charge < -0.3 is 5.73 Å². The molecule has 0 radical (unpaired) electrons. The largest absolute Gasteiger partial charge is 0.384 e. The van der Waals surface area contributed by atoms with Gasteiger partial charge in [-0.1, -0.05) is 11.6 Å². The first-order chi connectivity index (χ1) is 12.4. The van der Waals surface area contributed by atoms with Crippen LogP contribution in [0.25, 0.3) is 11.4 Å². The van der Waals surface area contributed by atoms with E-state index in [-0.39, 0.29) is 28.3 Å². The zero-order valence-corrected chi connectivity index (χ0v) is 13.6. The Bertz CT molecular complexity index is 1170. The van der Waals surface area contributed by atoms with Gasteiger partial charge in [0.25, 0.3) is 17.4 Å². The lowest BCUT2D eigenvalue weighted by atomic mass is 10.1. The second kappa shape index (κ2) is 5.53. The number of anilines is 1. The summed E-state index contributed by atoms with van der Waals surface area (Å²) in [6.45, 7) is 0. The fourth-order valence-electron chi connectivity index (χ4n) is 2.80. The molecule has 130 valence electrons. The van der Waals surface area contributed by atoms with E-state index < -0.39 is 23.2 Å². The molecule has 26 heavy (non-hydrogen) atoms. The second-order valence-electron chi connectivity index (χ2n) is 5.51. The highest BCUT2D eigenvalue weighted by molar-refractivity contribution is 6.30. The van der Waals surface area contributed by atoms with Gasteiger partial charge >= 0.3 is 0 Å². The Morgan fingerprint density at radius 3 is 2.58 bits per heavy atom. The Hall–Kier alpha value is -3.46. The fourth-order valence-corrected chi connectivity index (χ4v) is 2.94. The molecule has 3 N–H and O–H groups in total. The second-order valence-corrected chi connectivity index (χ2v) is 5.95. The highest BCUT2D eigenvalue weighted by atomic mass is 35.5. The molecule has 0 saturated carbocycles. The van der Waals surface area contributed by atoms with Crippen LogP contribution in [0.5, 0.6) is 0 Å². The molecule has 1 aromatic carbocycles. The summed E-state index contributed by atoms with van der Waals surface area (Å²) in [7, 11) is 0. The number of aromatic nitrogens is 3. The molecule has 8 nitrogen and oxygen atoms in total. The molecule has 2 aromatic heterocycles. The zero-order valence-electron chi connectivity index (χ0n) is 12.9. The highest BCUT2D eigenvalue weighted by Crippen LogP contribution is 2.24.